The van der Waals surface area contributed by atoms with Crippen LogP contribution in [0.2, 0.25) is 0 Å². The van der Waals surface area contributed by atoms with E-state index in [0.29, 0.717) is 12.6 Å². The zero-order chi connectivity index (χ0) is 14.7. The number of nitrogens with two attached hydrogens (primary N) is 1. The van der Waals surface area contributed by atoms with Crippen LogP contribution in [0.5, 0.6) is 0 Å². The van der Waals surface area contributed by atoms with Gasteiger partial charge in [0.05, 0.1) is 0 Å². The van der Waals surface area contributed by atoms with Gasteiger partial charge < -0.3 is 10.6 Å². The Balaban J connectivity index is 0.00000176. The molecule has 0 spiro atoms. The van der Waals surface area contributed by atoms with E-state index < -0.39 is 0 Å². The van der Waals surface area contributed by atoms with Crippen molar-refractivity contribution < 1.29 is 4.79 Å². The lowest BCUT2D eigenvalue weighted by atomic mass is 10.0. The van der Waals surface area contributed by atoms with Gasteiger partial charge in [0.25, 0.3) is 5.91 Å². The minimum absolute atomic E-state index is 0. The molecule has 1 aromatic rings. The number of benzene rings is 1. The smallest absolute Gasteiger partial charge is 0.253 e. The van der Waals surface area contributed by atoms with E-state index in [9.17, 15) is 4.79 Å². The van der Waals surface area contributed by atoms with Crippen LogP contribution < -0.4 is 5.73 Å². The van der Waals surface area contributed by atoms with E-state index in [4.69, 9.17) is 5.73 Å². The fourth-order valence-electron chi connectivity index (χ4n) is 3.51. The lowest BCUT2D eigenvalue weighted by molar-refractivity contribution is 0.0608. The van der Waals surface area contributed by atoms with Crippen molar-refractivity contribution in [3.8, 4) is 0 Å². The average Bonchev–Trinajstić information content (AvgIpc) is 3.09. The number of amides is 1. The topological polar surface area (TPSA) is 49.6 Å². The van der Waals surface area contributed by atoms with Crippen molar-refractivity contribution in [1.29, 1.82) is 0 Å². The molecule has 2 aliphatic heterocycles. The molecule has 0 radical (unpaired) electrons. The molecule has 122 valence electrons. The van der Waals surface area contributed by atoms with E-state index >= 15 is 0 Å². The van der Waals surface area contributed by atoms with Gasteiger partial charge in [0.1, 0.15) is 0 Å². The third-order valence-electron chi connectivity index (χ3n) is 4.78. The molecule has 1 atom stereocenters. The van der Waals surface area contributed by atoms with Crippen molar-refractivity contribution in [3.63, 3.8) is 0 Å². The molecule has 0 saturated carbocycles. The van der Waals surface area contributed by atoms with Crippen LogP contribution in [-0.2, 0) is 6.54 Å². The third-order valence-corrected chi connectivity index (χ3v) is 4.78. The van der Waals surface area contributed by atoms with Gasteiger partial charge in [0.2, 0.25) is 0 Å². The lowest BCUT2D eigenvalue weighted by Crippen LogP contribution is -2.48. The highest BCUT2D eigenvalue weighted by atomic mass is 35.5. The molecule has 4 nitrogen and oxygen atoms in total. The van der Waals surface area contributed by atoms with Gasteiger partial charge in [-0.3, -0.25) is 9.69 Å². The van der Waals surface area contributed by atoms with Gasteiger partial charge >= 0.3 is 0 Å². The first-order chi connectivity index (χ1) is 10.3. The molecule has 1 aromatic carbocycles. The molecule has 0 bridgehead atoms. The predicted octanol–water partition coefficient (Wildman–Crippen LogP) is 2.27. The summed E-state index contributed by atoms with van der Waals surface area (Å²) < 4.78 is 0. The second kappa shape index (κ2) is 7.95. The standard InChI is InChI=1S/C17H25N3O.ClH/c18-12-14-5-7-15(8-6-14)17(21)20-11-3-4-16(13-20)19-9-1-2-10-19;/h5-8,16H,1-4,9-13,18H2;1H. The van der Waals surface area contributed by atoms with E-state index in [-0.39, 0.29) is 18.3 Å². The summed E-state index contributed by atoms with van der Waals surface area (Å²) >= 11 is 0. The minimum Gasteiger partial charge on any atom is -0.337 e. The Bertz CT molecular complexity index is 485. The molecule has 2 fully saturated rings. The molecule has 5 heteroatoms. The van der Waals surface area contributed by atoms with Crippen molar-refractivity contribution in [3.05, 3.63) is 35.4 Å². The van der Waals surface area contributed by atoms with Crippen molar-refractivity contribution in [1.82, 2.24) is 9.80 Å². The van der Waals surface area contributed by atoms with E-state index in [2.05, 4.69) is 4.90 Å². The van der Waals surface area contributed by atoms with Crippen molar-refractivity contribution in [2.24, 2.45) is 5.73 Å². The van der Waals surface area contributed by atoms with Gasteiger partial charge in [-0.25, -0.2) is 0 Å². The largest absolute Gasteiger partial charge is 0.337 e. The third kappa shape index (κ3) is 3.80. The lowest BCUT2D eigenvalue weighted by Gasteiger charge is -2.37. The maximum atomic E-state index is 12.6. The van der Waals surface area contributed by atoms with E-state index in [1.54, 1.807) is 0 Å². The summed E-state index contributed by atoms with van der Waals surface area (Å²) in [6.07, 6.45) is 4.97. The van der Waals surface area contributed by atoms with Crippen LogP contribution in [0, 0.1) is 0 Å². The maximum absolute atomic E-state index is 12.6. The van der Waals surface area contributed by atoms with Crippen molar-refractivity contribution in [2.75, 3.05) is 26.2 Å². The summed E-state index contributed by atoms with van der Waals surface area (Å²) in [5.74, 6) is 0.169. The predicted molar refractivity (Wildman–Crippen MR) is 91.3 cm³/mol. The van der Waals surface area contributed by atoms with Crippen LogP contribution in [0.4, 0.5) is 0 Å². The molecule has 3 rings (SSSR count). The Morgan fingerprint density at radius 2 is 1.77 bits per heavy atom. The Hall–Kier alpha value is -1.10. The van der Waals surface area contributed by atoms with Gasteiger partial charge in [-0.1, -0.05) is 12.1 Å². The zero-order valence-electron chi connectivity index (χ0n) is 13.0. The number of nitrogens with zero attached hydrogens (tertiary/aromatic N) is 2. The van der Waals surface area contributed by atoms with Gasteiger partial charge in [0.15, 0.2) is 0 Å². The van der Waals surface area contributed by atoms with Crippen LogP contribution in [-0.4, -0.2) is 47.9 Å². The Kier molecular flexibility index (Phi) is 6.24. The molecule has 0 aromatic heterocycles. The fraction of sp³-hybridized carbons (Fsp3) is 0.588. The molecule has 2 saturated heterocycles. The van der Waals surface area contributed by atoms with E-state index in [0.717, 1.165) is 30.6 Å². The van der Waals surface area contributed by atoms with Gasteiger partial charge in [-0.15, -0.1) is 12.4 Å². The number of carbonyl (C=O) groups is 1. The van der Waals surface area contributed by atoms with Crippen LogP contribution in [0.15, 0.2) is 24.3 Å². The molecule has 2 aliphatic rings. The highest BCUT2D eigenvalue weighted by Crippen LogP contribution is 2.21. The summed E-state index contributed by atoms with van der Waals surface area (Å²) in [6.45, 7) is 4.71. The van der Waals surface area contributed by atoms with Crippen LogP contribution >= 0.6 is 12.4 Å². The molecule has 22 heavy (non-hydrogen) atoms. The molecule has 2 N–H and O–H groups in total. The number of halogens is 1. The maximum Gasteiger partial charge on any atom is 0.253 e. The summed E-state index contributed by atoms with van der Waals surface area (Å²) in [5, 5.41) is 0. The summed E-state index contributed by atoms with van der Waals surface area (Å²) in [7, 11) is 0. The highest BCUT2D eigenvalue weighted by molar-refractivity contribution is 5.94. The summed E-state index contributed by atoms with van der Waals surface area (Å²) in [6, 6.07) is 8.28. The van der Waals surface area contributed by atoms with E-state index in [1.165, 1.54) is 32.4 Å². The minimum atomic E-state index is 0. The normalized spacial score (nSPS) is 22.4. The summed E-state index contributed by atoms with van der Waals surface area (Å²) in [4.78, 5) is 17.2. The van der Waals surface area contributed by atoms with Crippen LogP contribution in [0.3, 0.4) is 0 Å². The Labute approximate surface area is 139 Å². The first-order valence-electron chi connectivity index (χ1n) is 8.10. The second-order valence-corrected chi connectivity index (χ2v) is 6.19. The van der Waals surface area contributed by atoms with Crippen molar-refractivity contribution >= 4 is 18.3 Å². The van der Waals surface area contributed by atoms with Crippen molar-refractivity contribution in [2.45, 2.75) is 38.3 Å². The number of piperidine rings is 1. The van der Waals surface area contributed by atoms with Gasteiger partial charge in [0, 0.05) is 31.2 Å². The monoisotopic (exact) mass is 323 g/mol. The number of likely N-dealkylation sites (tertiary alicyclic amines) is 2. The molecular formula is C17H26ClN3O. The number of rotatable bonds is 3. The molecule has 2 heterocycles. The molecule has 1 unspecified atom stereocenters. The molecule has 0 aliphatic carbocycles. The molecular weight excluding hydrogens is 298 g/mol. The zero-order valence-corrected chi connectivity index (χ0v) is 13.9. The number of hydrogen-bond acceptors (Lipinski definition) is 3. The summed E-state index contributed by atoms with van der Waals surface area (Å²) in [5.41, 5.74) is 7.46. The van der Waals surface area contributed by atoms with Gasteiger partial charge in [-0.05, 0) is 56.5 Å². The fourth-order valence-corrected chi connectivity index (χ4v) is 3.51. The number of carbonyl (C=O) groups excluding carboxylic acids is 1. The Morgan fingerprint density at radius 3 is 2.41 bits per heavy atom. The highest BCUT2D eigenvalue weighted by Gasteiger charge is 2.29. The second-order valence-electron chi connectivity index (χ2n) is 6.19. The quantitative estimate of drug-likeness (QED) is 0.928. The van der Waals surface area contributed by atoms with E-state index in [1.807, 2.05) is 29.2 Å². The van der Waals surface area contributed by atoms with Crippen LogP contribution in [0.25, 0.3) is 0 Å². The molecule has 1 amide bonds. The Morgan fingerprint density at radius 1 is 1.09 bits per heavy atom. The first kappa shape index (κ1) is 17.3. The first-order valence-corrected chi connectivity index (χ1v) is 8.10. The number of hydrogen-bond donors (Lipinski definition) is 1. The average molecular weight is 324 g/mol. The SMILES string of the molecule is Cl.NCc1ccc(C(=O)N2CCCC(N3CCCC3)C2)cc1. The van der Waals surface area contributed by atoms with Gasteiger partial charge in [-0.2, -0.15) is 0 Å². The van der Waals surface area contributed by atoms with Crippen LogP contribution in [0.1, 0.15) is 41.6 Å².